The van der Waals surface area contributed by atoms with Crippen molar-refractivity contribution < 1.29 is 9.53 Å². The van der Waals surface area contributed by atoms with E-state index in [1.807, 2.05) is 6.26 Å². The van der Waals surface area contributed by atoms with Gasteiger partial charge in [-0.25, -0.2) is 0 Å². The van der Waals surface area contributed by atoms with Crippen LogP contribution in [0, 0.1) is 0 Å². The normalized spacial score (nSPS) is 10.6. The molecule has 0 aromatic heterocycles. The van der Waals surface area contributed by atoms with E-state index in [0.29, 0.717) is 12.4 Å². The highest BCUT2D eigenvalue weighted by atomic mass is 32.2. The summed E-state index contributed by atoms with van der Waals surface area (Å²) < 4.78 is 5.01. The van der Waals surface area contributed by atoms with Gasteiger partial charge in [-0.15, -0.1) is 11.8 Å². The Bertz CT molecular complexity index is 195. The van der Waals surface area contributed by atoms with Crippen LogP contribution in [-0.4, -0.2) is 18.2 Å². The minimum absolute atomic E-state index is 0.0368. The standard InChI is InChI=1S/C16H32O2S/c1-3-4-5-6-7-8-9-10-11-12-13-14-16(17)18-15-19-2/h3-15H2,1-2H3. The maximum atomic E-state index is 11.2. The molecule has 0 aliphatic carbocycles. The Morgan fingerprint density at radius 1 is 0.842 bits per heavy atom. The third-order valence-corrected chi connectivity index (χ3v) is 3.68. The Balaban J connectivity index is 3.04. The summed E-state index contributed by atoms with van der Waals surface area (Å²) in [7, 11) is 0. The zero-order valence-corrected chi connectivity index (χ0v) is 13.7. The van der Waals surface area contributed by atoms with Crippen molar-refractivity contribution in [3.05, 3.63) is 0 Å². The van der Waals surface area contributed by atoms with Crippen molar-refractivity contribution in [3.63, 3.8) is 0 Å². The van der Waals surface area contributed by atoms with Crippen LogP contribution in [0.3, 0.4) is 0 Å². The van der Waals surface area contributed by atoms with Crippen molar-refractivity contribution in [3.8, 4) is 0 Å². The summed E-state index contributed by atoms with van der Waals surface area (Å²) >= 11 is 1.55. The number of thioether (sulfide) groups is 1. The van der Waals surface area contributed by atoms with Crippen LogP contribution in [0.2, 0.25) is 0 Å². The molecule has 0 rings (SSSR count). The molecule has 19 heavy (non-hydrogen) atoms. The third kappa shape index (κ3) is 15.8. The van der Waals surface area contributed by atoms with Gasteiger partial charge in [0.05, 0.1) is 0 Å². The molecule has 0 saturated heterocycles. The van der Waals surface area contributed by atoms with Crippen LogP contribution in [0.15, 0.2) is 0 Å². The predicted octanol–water partition coefficient (Wildman–Crippen LogP) is 5.55. The number of carbonyl (C=O) groups is 1. The lowest BCUT2D eigenvalue weighted by molar-refractivity contribution is -0.141. The fourth-order valence-electron chi connectivity index (χ4n) is 2.13. The zero-order chi connectivity index (χ0) is 14.2. The minimum Gasteiger partial charge on any atom is -0.455 e. The van der Waals surface area contributed by atoms with Gasteiger partial charge in [-0.05, 0) is 12.7 Å². The molecule has 0 bridgehead atoms. The van der Waals surface area contributed by atoms with Gasteiger partial charge in [0.2, 0.25) is 0 Å². The molecule has 0 atom stereocenters. The van der Waals surface area contributed by atoms with Gasteiger partial charge in [-0.2, -0.15) is 0 Å². The van der Waals surface area contributed by atoms with Crippen LogP contribution in [0.1, 0.15) is 84.0 Å². The van der Waals surface area contributed by atoms with Gasteiger partial charge < -0.3 is 4.74 Å². The number of hydrogen-bond donors (Lipinski definition) is 0. The van der Waals surface area contributed by atoms with E-state index in [1.54, 1.807) is 11.8 Å². The molecule has 0 spiro atoms. The van der Waals surface area contributed by atoms with Crippen molar-refractivity contribution in [2.75, 3.05) is 12.2 Å². The Kier molecular flexibility index (Phi) is 15.7. The highest BCUT2D eigenvalue weighted by Gasteiger charge is 2.01. The van der Waals surface area contributed by atoms with Crippen LogP contribution in [-0.2, 0) is 9.53 Å². The van der Waals surface area contributed by atoms with Crippen molar-refractivity contribution in [1.29, 1.82) is 0 Å². The topological polar surface area (TPSA) is 26.3 Å². The Morgan fingerprint density at radius 2 is 1.32 bits per heavy atom. The number of ether oxygens (including phenoxy) is 1. The lowest BCUT2D eigenvalue weighted by Gasteiger charge is -2.03. The average Bonchev–Trinajstić information content (AvgIpc) is 2.42. The van der Waals surface area contributed by atoms with Gasteiger partial charge in [0.1, 0.15) is 5.94 Å². The Hall–Kier alpha value is -0.180. The number of rotatable bonds is 14. The number of carbonyl (C=O) groups excluding carboxylic acids is 1. The summed E-state index contributed by atoms with van der Waals surface area (Å²) in [6.45, 7) is 2.26. The van der Waals surface area contributed by atoms with E-state index in [9.17, 15) is 4.79 Å². The molecule has 0 aromatic carbocycles. The fourth-order valence-corrected chi connectivity index (χ4v) is 2.38. The van der Waals surface area contributed by atoms with E-state index in [-0.39, 0.29) is 5.97 Å². The zero-order valence-electron chi connectivity index (χ0n) is 12.9. The van der Waals surface area contributed by atoms with Crippen LogP contribution < -0.4 is 0 Å². The summed E-state index contributed by atoms with van der Waals surface area (Å²) in [5.74, 6) is 0.460. The highest BCUT2D eigenvalue weighted by Crippen LogP contribution is 2.12. The molecule has 0 N–H and O–H groups in total. The lowest BCUT2D eigenvalue weighted by Crippen LogP contribution is -2.03. The SMILES string of the molecule is CCCCCCCCCCCCCC(=O)OCSC. The predicted molar refractivity (Wildman–Crippen MR) is 85.6 cm³/mol. The van der Waals surface area contributed by atoms with Crippen LogP contribution in [0.5, 0.6) is 0 Å². The molecule has 0 fully saturated rings. The fraction of sp³-hybridized carbons (Fsp3) is 0.938. The first-order valence-corrected chi connectivity index (χ1v) is 9.35. The molecule has 2 nitrogen and oxygen atoms in total. The number of unbranched alkanes of at least 4 members (excludes halogenated alkanes) is 10. The second-order valence-corrected chi connectivity index (χ2v) is 6.02. The van der Waals surface area contributed by atoms with Crippen molar-refractivity contribution in [2.45, 2.75) is 84.0 Å². The van der Waals surface area contributed by atoms with E-state index in [1.165, 1.54) is 64.2 Å². The van der Waals surface area contributed by atoms with Gasteiger partial charge in [0.15, 0.2) is 0 Å². The maximum absolute atomic E-state index is 11.2. The monoisotopic (exact) mass is 288 g/mol. The largest absolute Gasteiger partial charge is 0.455 e. The van der Waals surface area contributed by atoms with Gasteiger partial charge >= 0.3 is 5.97 Å². The minimum atomic E-state index is -0.0368. The molecule has 0 unspecified atom stereocenters. The first-order chi connectivity index (χ1) is 9.31. The second kappa shape index (κ2) is 15.9. The van der Waals surface area contributed by atoms with E-state index in [4.69, 9.17) is 4.74 Å². The van der Waals surface area contributed by atoms with Crippen molar-refractivity contribution in [2.24, 2.45) is 0 Å². The molecular weight excluding hydrogens is 256 g/mol. The van der Waals surface area contributed by atoms with Gasteiger partial charge in [-0.1, -0.05) is 71.1 Å². The lowest BCUT2D eigenvalue weighted by atomic mass is 10.1. The first kappa shape index (κ1) is 18.8. The van der Waals surface area contributed by atoms with Gasteiger partial charge in [0, 0.05) is 6.42 Å². The summed E-state index contributed by atoms with van der Waals surface area (Å²) in [4.78, 5) is 11.2. The summed E-state index contributed by atoms with van der Waals surface area (Å²) in [5.41, 5.74) is 0. The molecule has 0 aromatic rings. The van der Waals surface area contributed by atoms with Gasteiger partial charge in [-0.3, -0.25) is 4.79 Å². The van der Waals surface area contributed by atoms with Crippen LogP contribution in [0.25, 0.3) is 0 Å². The van der Waals surface area contributed by atoms with Crippen LogP contribution >= 0.6 is 11.8 Å². The second-order valence-electron chi connectivity index (χ2n) is 5.21. The smallest absolute Gasteiger partial charge is 0.306 e. The van der Waals surface area contributed by atoms with Crippen LogP contribution in [0.4, 0.5) is 0 Å². The maximum Gasteiger partial charge on any atom is 0.306 e. The molecule has 114 valence electrons. The molecule has 0 radical (unpaired) electrons. The Morgan fingerprint density at radius 3 is 1.79 bits per heavy atom. The number of esters is 1. The van der Waals surface area contributed by atoms with E-state index in [0.717, 1.165) is 6.42 Å². The average molecular weight is 288 g/mol. The molecule has 0 aliphatic heterocycles. The highest BCUT2D eigenvalue weighted by molar-refractivity contribution is 7.98. The molecule has 0 amide bonds. The van der Waals surface area contributed by atoms with Gasteiger partial charge in [0.25, 0.3) is 0 Å². The van der Waals surface area contributed by atoms with E-state index < -0.39 is 0 Å². The first-order valence-electron chi connectivity index (χ1n) is 7.95. The third-order valence-electron chi connectivity index (χ3n) is 3.32. The number of hydrogen-bond acceptors (Lipinski definition) is 3. The molecule has 3 heteroatoms. The summed E-state index contributed by atoms with van der Waals surface area (Å²) in [6, 6.07) is 0. The molecule has 0 saturated carbocycles. The molecule has 0 heterocycles. The molecule has 0 aliphatic rings. The van der Waals surface area contributed by atoms with E-state index in [2.05, 4.69) is 6.92 Å². The quantitative estimate of drug-likeness (QED) is 0.238. The summed E-state index contributed by atoms with van der Waals surface area (Å²) in [6.07, 6.45) is 17.0. The van der Waals surface area contributed by atoms with Crippen molar-refractivity contribution >= 4 is 17.7 Å². The van der Waals surface area contributed by atoms with E-state index >= 15 is 0 Å². The Labute approximate surface area is 124 Å². The summed E-state index contributed by atoms with van der Waals surface area (Å²) in [5, 5.41) is 0. The molecular formula is C16H32O2S. The van der Waals surface area contributed by atoms with Crippen molar-refractivity contribution in [1.82, 2.24) is 0 Å².